The predicted molar refractivity (Wildman–Crippen MR) is 190 cm³/mol. The van der Waals surface area contributed by atoms with E-state index >= 15 is 0 Å². The second kappa shape index (κ2) is 9.06. The first kappa shape index (κ1) is 29.3. The van der Waals surface area contributed by atoms with E-state index in [0.29, 0.717) is 0 Å². The number of benzene rings is 4. The van der Waals surface area contributed by atoms with Crippen molar-refractivity contribution in [2.45, 2.75) is 116 Å². The molecule has 0 amide bonds. The molecule has 0 radical (unpaired) electrons. The van der Waals surface area contributed by atoms with Gasteiger partial charge in [0.2, 0.25) is 0 Å². The number of rotatable bonds is 2. The molecule has 1 aromatic heterocycles. The molecule has 0 aliphatic heterocycles. The first-order valence-electron chi connectivity index (χ1n) is 16.6. The van der Waals surface area contributed by atoms with Gasteiger partial charge in [-0.1, -0.05) is 119 Å². The zero-order chi connectivity index (χ0) is 31.6. The summed E-state index contributed by atoms with van der Waals surface area (Å²) in [5.74, 6) is 0. The lowest BCUT2D eigenvalue weighted by Gasteiger charge is -2.30. The molecule has 2 aliphatic rings. The van der Waals surface area contributed by atoms with Gasteiger partial charge in [0.25, 0.3) is 0 Å². The summed E-state index contributed by atoms with van der Waals surface area (Å²) in [7, 11) is 0. The van der Waals surface area contributed by atoms with Crippen LogP contribution >= 0.6 is 0 Å². The Morgan fingerprint density at radius 1 is 0.568 bits per heavy atom. The van der Waals surface area contributed by atoms with Gasteiger partial charge in [-0.2, -0.15) is 0 Å². The maximum Gasteiger partial charge on any atom is 0.0780 e. The highest BCUT2D eigenvalue weighted by Gasteiger charge is 2.50. The SMILES string of the molecule is CC(C)(C)c1cc(-c2nccc3cc(-c4c5c(cc6c4C(C)(C)CC6(C)C)C(C)(C)CC5(C)C)ccc23)cc2ccccc12. The van der Waals surface area contributed by atoms with E-state index in [4.69, 9.17) is 4.98 Å². The van der Waals surface area contributed by atoms with Crippen LogP contribution in [0.5, 0.6) is 0 Å². The van der Waals surface area contributed by atoms with Gasteiger partial charge < -0.3 is 0 Å². The van der Waals surface area contributed by atoms with E-state index in [2.05, 4.69) is 143 Å². The van der Waals surface area contributed by atoms with Gasteiger partial charge in [-0.3, -0.25) is 4.98 Å². The van der Waals surface area contributed by atoms with Gasteiger partial charge in [-0.05, 0) is 119 Å². The fraction of sp³-hybridized carbons (Fsp3) is 0.419. The Balaban J connectivity index is 1.50. The van der Waals surface area contributed by atoms with E-state index in [1.807, 2.05) is 6.20 Å². The standard InChI is InChI=1S/C43H49N/c1-39(2,3)32-22-29(21-26-14-12-13-15-30(26)32)38-31-17-16-28(20-27(31)18-19-44-38)35-36-33(40(4,5)24-42(36,8)9)23-34-37(35)43(10,11)25-41(34,6)7/h12-23H,24-25H2,1-11H3. The third kappa shape index (κ3) is 4.29. The first-order chi connectivity index (χ1) is 20.4. The summed E-state index contributed by atoms with van der Waals surface area (Å²) < 4.78 is 0. The lowest BCUT2D eigenvalue weighted by Crippen LogP contribution is -2.20. The summed E-state index contributed by atoms with van der Waals surface area (Å²) in [5.41, 5.74) is 13.3. The molecule has 44 heavy (non-hydrogen) atoms. The monoisotopic (exact) mass is 579 g/mol. The quantitative estimate of drug-likeness (QED) is 0.203. The minimum atomic E-state index is 0.0303. The van der Waals surface area contributed by atoms with Gasteiger partial charge in [-0.25, -0.2) is 0 Å². The highest BCUT2D eigenvalue weighted by molar-refractivity contribution is 6.00. The molecule has 5 aromatic rings. The molecule has 0 saturated carbocycles. The lowest BCUT2D eigenvalue weighted by molar-refractivity contribution is 0.396. The number of pyridine rings is 1. The van der Waals surface area contributed by atoms with Crippen LogP contribution in [0.25, 0.3) is 43.9 Å². The average Bonchev–Trinajstić information content (AvgIpc) is 3.24. The highest BCUT2D eigenvalue weighted by atomic mass is 14.7. The molecule has 1 nitrogen and oxygen atoms in total. The maximum atomic E-state index is 5.01. The third-order valence-electron chi connectivity index (χ3n) is 10.9. The van der Waals surface area contributed by atoms with E-state index < -0.39 is 0 Å². The Morgan fingerprint density at radius 2 is 1.14 bits per heavy atom. The third-order valence-corrected chi connectivity index (χ3v) is 10.9. The Labute approximate surface area is 265 Å². The molecular weight excluding hydrogens is 530 g/mol. The van der Waals surface area contributed by atoms with Gasteiger partial charge in [0.1, 0.15) is 0 Å². The van der Waals surface area contributed by atoms with Crippen LogP contribution < -0.4 is 0 Å². The average molecular weight is 580 g/mol. The summed E-state index contributed by atoms with van der Waals surface area (Å²) in [6, 6.07) is 25.5. The largest absolute Gasteiger partial charge is 0.256 e. The predicted octanol–water partition coefficient (Wildman–Crippen LogP) is 11.9. The molecule has 0 bridgehead atoms. The van der Waals surface area contributed by atoms with Crippen molar-refractivity contribution in [2.75, 3.05) is 0 Å². The number of hydrogen-bond donors (Lipinski definition) is 0. The minimum absolute atomic E-state index is 0.0303. The van der Waals surface area contributed by atoms with Crippen molar-refractivity contribution >= 4 is 21.5 Å². The van der Waals surface area contributed by atoms with Gasteiger partial charge in [-0.15, -0.1) is 0 Å². The summed E-state index contributed by atoms with van der Waals surface area (Å²) in [6.45, 7) is 26.6. The second-order valence-corrected chi connectivity index (χ2v) is 17.6. The maximum absolute atomic E-state index is 5.01. The van der Waals surface area contributed by atoms with Gasteiger partial charge >= 0.3 is 0 Å². The van der Waals surface area contributed by atoms with Crippen LogP contribution in [0.4, 0.5) is 0 Å². The molecule has 0 spiro atoms. The molecule has 226 valence electrons. The van der Waals surface area contributed by atoms with E-state index in [-0.39, 0.29) is 27.1 Å². The van der Waals surface area contributed by atoms with Crippen LogP contribution in [-0.4, -0.2) is 4.98 Å². The number of fused-ring (bicyclic) bond motifs is 4. The van der Waals surface area contributed by atoms with Crippen molar-refractivity contribution < 1.29 is 0 Å². The topological polar surface area (TPSA) is 12.9 Å². The minimum Gasteiger partial charge on any atom is -0.256 e. The van der Waals surface area contributed by atoms with Crippen molar-refractivity contribution in [3.05, 3.63) is 101 Å². The summed E-state index contributed by atoms with van der Waals surface area (Å²) >= 11 is 0. The number of hydrogen-bond acceptors (Lipinski definition) is 1. The first-order valence-corrected chi connectivity index (χ1v) is 16.6. The van der Waals surface area contributed by atoms with E-state index in [1.165, 1.54) is 56.6 Å². The Hall–Kier alpha value is -3.45. The molecule has 1 heteroatoms. The molecule has 4 aromatic carbocycles. The van der Waals surface area contributed by atoms with Gasteiger partial charge in [0.05, 0.1) is 5.69 Å². The van der Waals surface area contributed by atoms with Crippen molar-refractivity contribution in [2.24, 2.45) is 0 Å². The van der Waals surface area contributed by atoms with E-state index in [0.717, 1.165) is 5.69 Å². The number of aromatic nitrogens is 1. The van der Waals surface area contributed by atoms with E-state index in [1.54, 1.807) is 22.3 Å². The van der Waals surface area contributed by atoms with Crippen molar-refractivity contribution in [1.82, 2.24) is 4.98 Å². The Morgan fingerprint density at radius 3 is 1.75 bits per heavy atom. The smallest absolute Gasteiger partial charge is 0.0780 e. The van der Waals surface area contributed by atoms with Gasteiger partial charge in [0.15, 0.2) is 0 Å². The van der Waals surface area contributed by atoms with Crippen LogP contribution in [0.3, 0.4) is 0 Å². The second-order valence-electron chi connectivity index (χ2n) is 17.6. The molecular formula is C43H49N. The molecule has 0 unspecified atom stereocenters. The fourth-order valence-corrected chi connectivity index (χ4v) is 9.65. The van der Waals surface area contributed by atoms with Crippen LogP contribution in [0.15, 0.2) is 72.9 Å². The molecule has 0 atom stereocenters. The summed E-state index contributed by atoms with van der Waals surface area (Å²) in [5, 5.41) is 5.08. The zero-order valence-corrected chi connectivity index (χ0v) is 28.8. The molecule has 0 fully saturated rings. The lowest BCUT2D eigenvalue weighted by atomic mass is 9.74. The van der Waals surface area contributed by atoms with Crippen molar-refractivity contribution in [1.29, 1.82) is 0 Å². The number of nitrogens with zero attached hydrogens (tertiary/aromatic N) is 1. The Bertz CT molecular complexity index is 1940. The molecule has 0 N–H and O–H groups in total. The van der Waals surface area contributed by atoms with E-state index in [9.17, 15) is 0 Å². The fourth-order valence-electron chi connectivity index (χ4n) is 9.65. The Kier molecular flexibility index (Phi) is 6.03. The van der Waals surface area contributed by atoms with Crippen LogP contribution in [0.2, 0.25) is 0 Å². The molecule has 0 saturated heterocycles. The molecule has 1 heterocycles. The summed E-state index contributed by atoms with van der Waals surface area (Å²) in [6.07, 6.45) is 4.35. The van der Waals surface area contributed by atoms with Crippen LogP contribution in [0, 0.1) is 0 Å². The highest BCUT2D eigenvalue weighted by Crippen LogP contribution is 2.60. The van der Waals surface area contributed by atoms with Crippen molar-refractivity contribution in [3.63, 3.8) is 0 Å². The normalized spacial score (nSPS) is 19.3. The zero-order valence-electron chi connectivity index (χ0n) is 28.8. The van der Waals surface area contributed by atoms with Crippen LogP contribution in [0.1, 0.15) is 117 Å². The molecule has 7 rings (SSSR count). The van der Waals surface area contributed by atoms with Gasteiger partial charge in [0, 0.05) is 17.1 Å². The summed E-state index contributed by atoms with van der Waals surface area (Å²) in [4.78, 5) is 5.01. The van der Waals surface area contributed by atoms with Crippen LogP contribution in [-0.2, 0) is 27.1 Å². The van der Waals surface area contributed by atoms with Crippen molar-refractivity contribution in [3.8, 4) is 22.4 Å². The molecule has 2 aliphatic carbocycles.